The molecular weight excluding hydrogens is 534 g/mol. The van der Waals surface area contributed by atoms with Crippen LogP contribution in [0.5, 0.6) is 5.75 Å². The Kier molecular flexibility index (Phi) is 6.03. The normalized spacial score (nSPS) is 16.8. The number of hydrogen-bond acceptors (Lipinski definition) is 9. The van der Waals surface area contributed by atoms with Crippen LogP contribution in [0.25, 0.3) is 21.6 Å². The summed E-state index contributed by atoms with van der Waals surface area (Å²) in [6.45, 7) is 4.03. The van der Waals surface area contributed by atoms with Gasteiger partial charge in [-0.15, -0.1) is 0 Å². The molecule has 0 radical (unpaired) electrons. The number of rotatable bonds is 6. The lowest BCUT2D eigenvalue weighted by Crippen LogP contribution is -2.29. The van der Waals surface area contributed by atoms with Gasteiger partial charge < -0.3 is 9.84 Å². The van der Waals surface area contributed by atoms with E-state index in [2.05, 4.69) is 9.97 Å². The standard InChI is InChI=1S/C28H21N5O6S/c1-3-39-18-10-11-19-20(14-18)40-28(30-19)32-24(16-7-6-8-17(13-16)33(37)38)22(26(35)27(32)36)25(34)23-15(2)29-21-9-4-5-12-31(21)23/h4-14,24,34H,3H2,1-2H3. The number of aromatic nitrogens is 3. The van der Waals surface area contributed by atoms with E-state index in [1.807, 2.05) is 6.92 Å². The van der Waals surface area contributed by atoms with Gasteiger partial charge >= 0.3 is 5.91 Å². The average Bonchev–Trinajstić information content (AvgIpc) is 3.59. The molecule has 200 valence electrons. The molecular formula is C28H21N5O6S. The van der Waals surface area contributed by atoms with Gasteiger partial charge in [0.15, 0.2) is 10.9 Å². The lowest BCUT2D eigenvalue weighted by atomic mass is 9.96. The summed E-state index contributed by atoms with van der Waals surface area (Å²) in [5, 5.41) is 23.4. The number of nitro groups is 1. The van der Waals surface area contributed by atoms with E-state index >= 15 is 0 Å². The largest absolute Gasteiger partial charge is 0.505 e. The van der Waals surface area contributed by atoms with Crippen molar-refractivity contribution in [1.29, 1.82) is 0 Å². The van der Waals surface area contributed by atoms with Crippen molar-refractivity contribution in [3.05, 3.63) is 99.5 Å². The van der Waals surface area contributed by atoms with Crippen molar-refractivity contribution in [2.45, 2.75) is 19.9 Å². The second kappa shape index (κ2) is 9.58. The van der Waals surface area contributed by atoms with Crippen LogP contribution in [0.2, 0.25) is 0 Å². The Balaban J connectivity index is 1.59. The molecule has 6 rings (SSSR count). The lowest BCUT2D eigenvalue weighted by Gasteiger charge is -2.22. The Morgan fingerprint density at radius 2 is 1.95 bits per heavy atom. The maximum Gasteiger partial charge on any atom is 0.301 e. The maximum absolute atomic E-state index is 13.6. The SMILES string of the molecule is CCOc1ccc2nc(N3C(=O)C(=O)C(=C(O)c4c(C)nc5ccccn45)C3c3cccc([N+](=O)[O-])c3)sc2c1. The minimum absolute atomic E-state index is 0.205. The number of thiazole rings is 1. The van der Waals surface area contributed by atoms with E-state index in [1.54, 1.807) is 60.0 Å². The monoisotopic (exact) mass is 555 g/mol. The van der Waals surface area contributed by atoms with Gasteiger partial charge in [-0.2, -0.15) is 0 Å². The molecule has 0 saturated carbocycles. The van der Waals surface area contributed by atoms with E-state index in [9.17, 15) is 24.8 Å². The highest BCUT2D eigenvalue weighted by Gasteiger charge is 2.49. The van der Waals surface area contributed by atoms with Gasteiger partial charge in [-0.25, -0.2) is 9.97 Å². The smallest absolute Gasteiger partial charge is 0.301 e. The Morgan fingerprint density at radius 3 is 2.73 bits per heavy atom. The topological polar surface area (TPSA) is 140 Å². The second-order valence-electron chi connectivity index (χ2n) is 9.05. The number of hydrogen-bond donors (Lipinski definition) is 1. The van der Waals surface area contributed by atoms with Gasteiger partial charge in [0.1, 0.15) is 17.1 Å². The van der Waals surface area contributed by atoms with Crippen molar-refractivity contribution in [2.75, 3.05) is 11.5 Å². The molecule has 0 aliphatic carbocycles. The third-order valence-corrected chi connectivity index (χ3v) is 7.65. The highest BCUT2D eigenvalue weighted by molar-refractivity contribution is 7.22. The highest BCUT2D eigenvalue weighted by atomic mass is 32.1. The van der Waals surface area contributed by atoms with Gasteiger partial charge in [0.2, 0.25) is 0 Å². The minimum atomic E-state index is -1.18. The number of nitrogens with zero attached hydrogens (tertiary/aromatic N) is 5. The molecule has 5 aromatic rings. The van der Waals surface area contributed by atoms with Gasteiger partial charge in [-0.3, -0.25) is 29.0 Å². The van der Waals surface area contributed by atoms with Crippen LogP contribution in [-0.4, -0.2) is 42.7 Å². The summed E-state index contributed by atoms with van der Waals surface area (Å²) in [5.41, 5.74) is 1.65. The number of Topliss-reactive ketones (excluding diaryl/α,β-unsaturated/α-hetero) is 1. The van der Waals surface area contributed by atoms with Crippen LogP contribution in [0.3, 0.4) is 0 Å². The molecule has 11 nitrogen and oxygen atoms in total. The molecule has 1 aliphatic heterocycles. The van der Waals surface area contributed by atoms with E-state index < -0.39 is 28.4 Å². The molecule has 3 aromatic heterocycles. The fourth-order valence-electron chi connectivity index (χ4n) is 4.93. The Hall–Kier alpha value is -5.10. The van der Waals surface area contributed by atoms with Crippen LogP contribution in [0.1, 0.15) is 29.9 Å². The first-order chi connectivity index (χ1) is 19.3. The van der Waals surface area contributed by atoms with Crippen molar-refractivity contribution in [3.63, 3.8) is 0 Å². The summed E-state index contributed by atoms with van der Waals surface area (Å²) in [5.74, 6) is -1.65. The first-order valence-electron chi connectivity index (χ1n) is 12.3. The molecule has 1 fully saturated rings. The zero-order chi connectivity index (χ0) is 28.1. The molecule has 4 heterocycles. The molecule has 40 heavy (non-hydrogen) atoms. The third-order valence-electron chi connectivity index (χ3n) is 6.64. The van der Waals surface area contributed by atoms with E-state index in [0.717, 1.165) is 4.70 Å². The van der Waals surface area contributed by atoms with Crippen molar-refractivity contribution in [2.24, 2.45) is 0 Å². The first kappa shape index (κ1) is 25.2. The van der Waals surface area contributed by atoms with Gasteiger partial charge in [0, 0.05) is 18.3 Å². The number of aliphatic hydroxyl groups is 1. The number of carbonyl (C=O) groups is 2. The predicted octanol–water partition coefficient (Wildman–Crippen LogP) is 5.19. The van der Waals surface area contributed by atoms with Gasteiger partial charge in [0.05, 0.1) is 39.1 Å². The van der Waals surface area contributed by atoms with Crippen LogP contribution in [-0.2, 0) is 9.59 Å². The highest BCUT2D eigenvalue weighted by Crippen LogP contribution is 2.45. The molecule has 0 bridgehead atoms. The summed E-state index contributed by atoms with van der Waals surface area (Å²) in [6.07, 6.45) is 1.69. The van der Waals surface area contributed by atoms with Crippen LogP contribution < -0.4 is 9.64 Å². The molecule has 1 N–H and O–H groups in total. The maximum atomic E-state index is 13.6. The van der Waals surface area contributed by atoms with E-state index in [4.69, 9.17) is 4.74 Å². The number of ether oxygens (including phenoxy) is 1. The number of aryl methyl sites for hydroxylation is 1. The van der Waals surface area contributed by atoms with Crippen molar-refractivity contribution >= 4 is 55.5 Å². The molecule has 12 heteroatoms. The van der Waals surface area contributed by atoms with Crippen LogP contribution in [0, 0.1) is 17.0 Å². The number of ketones is 1. The van der Waals surface area contributed by atoms with Crippen molar-refractivity contribution in [1.82, 2.24) is 14.4 Å². The summed E-state index contributed by atoms with van der Waals surface area (Å²) in [4.78, 5) is 48.5. The Bertz CT molecular complexity index is 1890. The van der Waals surface area contributed by atoms with Crippen molar-refractivity contribution < 1.29 is 24.4 Å². The van der Waals surface area contributed by atoms with Crippen molar-refractivity contribution in [3.8, 4) is 5.75 Å². The fourth-order valence-corrected chi connectivity index (χ4v) is 5.95. The molecule has 1 aliphatic rings. The fraction of sp³-hybridized carbons (Fsp3) is 0.143. The third kappa shape index (κ3) is 3.96. The Morgan fingerprint density at radius 1 is 1.12 bits per heavy atom. The molecule has 0 spiro atoms. The zero-order valence-electron chi connectivity index (χ0n) is 21.3. The number of fused-ring (bicyclic) bond motifs is 2. The number of nitro benzene ring substituents is 1. The summed E-state index contributed by atoms with van der Waals surface area (Å²) < 4.78 is 7.92. The lowest BCUT2D eigenvalue weighted by molar-refractivity contribution is -0.384. The molecule has 1 unspecified atom stereocenters. The van der Waals surface area contributed by atoms with Gasteiger partial charge in [-0.05, 0) is 49.7 Å². The second-order valence-corrected chi connectivity index (χ2v) is 10.1. The quantitative estimate of drug-likeness (QED) is 0.0993. The Labute approximate surface area is 230 Å². The number of pyridine rings is 1. The number of amides is 1. The van der Waals surface area contributed by atoms with Crippen LogP contribution in [0.15, 0.2) is 72.4 Å². The number of imidazole rings is 1. The number of non-ortho nitro benzene ring substituents is 1. The van der Waals surface area contributed by atoms with E-state index in [1.165, 1.54) is 34.4 Å². The summed E-state index contributed by atoms with van der Waals surface area (Å²) in [7, 11) is 0. The van der Waals surface area contributed by atoms with Crippen LogP contribution in [0.4, 0.5) is 10.8 Å². The van der Waals surface area contributed by atoms with Gasteiger partial charge in [0.25, 0.3) is 11.5 Å². The number of anilines is 1. The number of aliphatic hydroxyl groups excluding tert-OH is 1. The molecule has 1 amide bonds. The zero-order valence-corrected chi connectivity index (χ0v) is 22.1. The molecule has 1 atom stereocenters. The summed E-state index contributed by atoms with van der Waals surface area (Å²) >= 11 is 1.17. The first-order valence-corrected chi connectivity index (χ1v) is 13.1. The van der Waals surface area contributed by atoms with E-state index in [0.29, 0.717) is 29.2 Å². The molecule has 2 aromatic carbocycles. The minimum Gasteiger partial charge on any atom is -0.505 e. The van der Waals surface area contributed by atoms with Crippen LogP contribution >= 0.6 is 11.3 Å². The van der Waals surface area contributed by atoms with Gasteiger partial charge in [-0.1, -0.05) is 29.5 Å². The number of carbonyl (C=O) groups excluding carboxylic acids is 2. The average molecular weight is 556 g/mol. The summed E-state index contributed by atoms with van der Waals surface area (Å²) in [6, 6.07) is 15.1. The number of benzene rings is 2. The van der Waals surface area contributed by atoms with E-state index in [-0.39, 0.29) is 27.6 Å². The predicted molar refractivity (Wildman–Crippen MR) is 149 cm³/mol. The molecule has 1 saturated heterocycles.